The minimum absolute atomic E-state index is 0.127. The molecule has 1 N–H and O–H groups in total. The molecule has 0 saturated heterocycles. The molecule has 0 aliphatic rings. The number of nitro benzene ring substituents is 1. The summed E-state index contributed by atoms with van der Waals surface area (Å²) in [6.07, 6.45) is 2.70. The van der Waals surface area contributed by atoms with Crippen LogP contribution < -0.4 is 5.32 Å². The fourth-order valence-electron chi connectivity index (χ4n) is 2.05. The lowest BCUT2D eigenvalue weighted by Gasteiger charge is -2.15. The van der Waals surface area contributed by atoms with Crippen molar-refractivity contribution in [3.63, 3.8) is 0 Å². The Hall–Kier alpha value is -1.79. The lowest BCUT2D eigenvalue weighted by molar-refractivity contribution is -0.384. The Morgan fingerprint density at radius 1 is 1.40 bits per heavy atom. The van der Waals surface area contributed by atoms with Gasteiger partial charge in [-0.15, -0.1) is 11.3 Å². The van der Waals surface area contributed by atoms with Crippen LogP contribution in [0.5, 0.6) is 0 Å². The zero-order valence-electron chi connectivity index (χ0n) is 11.5. The molecular weight excluding hydrogens is 274 g/mol. The summed E-state index contributed by atoms with van der Waals surface area (Å²) in [5, 5.41) is 15.1. The molecular formula is C14H17N3O2S. The molecule has 6 heteroatoms. The number of hydrogen-bond donors (Lipinski definition) is 1. The molecule has 0 amide bonds. The largest absolute Gasteiger partial charge is 0.309 e. The third-order valence-electron chi connectivity index (χ3n) is 3.02. The average molecular weight is 291 g/mol. The second kappa shape index (κ2) is 6.58. The van der Waals surface area contributed by atoms with Gasteiger partial charge < -0.3 is 5.32 Å². The second-order valence-electron chi connectivity index (χ2n) is 4.52. The van der Waals surface area contributed by atoms with E-state index in [1.54, 1.807) is 23.5 Å². The number of aromatic nitrogens is 1. The summed E-state index contributed by atoms with van der Waals surface area (Å²) in [7, 11) is 0. The lowest BCUT2D eigenvalue weighted by Crippen LogP contribution is -2.22. The first-order chi connectivity index (χ1) is 9.60. The Balaban J connectivity index is 2.13. The van der Waals surface area contributed by atoms with Crippen molar-refractivity contribution >= 4 is 17.0 Å². The Kier molecular flexibility index (Phi) is 4.81. The first-order valence-corrected chi connectivity index (χ1v) is 7.31. The van der Waals surface area contributed by atoms with Crippen molar-refractivity contribution < 1.29 is 4.92 Å². The number of non-ortho nitro benzene ring substituents is 1. The number of thiazole rings is 1. The van der Waals surface area contributed by atoms with Gasteiger partial charge in [0.2, 0.25) is 0 Å². The number of nitrogens with one attached hydrogen (secondary N) is 1. The van der Waals surface area contributed by atoms with Gasteiger partial charge >= 0.3 is 0 Å². The molecule has 0 aliphatic carbocycles. The van der Waals surface area contributed by atoms with E-state index in [0.717, 1.165) is 23.5 Å². The summed E-state index contributed by atoms with van der Waals surface area (Å²) in [4.78, 5) is 15.8. The van der Waals surface area contributed by atoms with Gasteiger partial charge in [-0.05, 0) is 25.5 Å². The highest BCUT2D eigenvalue weighted by molar-refractivity contribution is 7.11. The number of aryl methyl sites for hydroxylation is 1. The van der Waals surface area contributed by atoms with Gasteiger partial charge in [0.25, 0.3) is 5.69 Å². The van der Waals surface area contributed by atoms with E-state index in [2.05, 4.69) is 17.2 Å². The highest BCUT2D eigenvalue weighted by atomic mass is 32.1. The highest BCUT2D eigenvalue weighted by Gasteiger charge is 2.14. The van der Waals surface area contributed by atoms with Gasteiger partial charge in [0.15, 0.2) is 0 Å². The van der Waals surface area contributed by atoms with Crippen molar-refractivity contribution in [1.82, 2.24) is 10.3 Å². The highest BCUT2D eigenvalue weighted by Crippen LogP contribution is 2.24. The molecule has 0 spiro atoms. The first kappa shape index (κ1) is 14.6. The summed E-state index contributed by atoms with van der Waals surface area (Å²) < 4.78 is 0. The lowest BCUT2D eigenvalue weighted by atomic mass is 10.0. The molecule has 1 heterocycles. The van der Waals surface area contributed by atoms with E-state index in [9.17, 15) is 10.1 Å². The van der Waals surface area contributed by atoms with Gasteiger partial charge in [-0.25, -0.2) is 4.98 Å². The molecule has 1 atom stereocenters. The number of nitro groups is 1. The Bertz CT molecular complexity index is 580. The molecule has 1 unspecified atom stereocenters. The third-order valence-corrected chi connectivity index (χ3v) is 4.05. The smallest absolute Gasteiger partial charge is 0.269 e. The van der Waals surface area contributed by atoms with Crippen molar-refractivity contribution in [2.45, 2.75) is 26.3 Å². The van der Waals surface area contributed by atoms with E-state index in [1.165, 1.54) is 4.88 Å². The second-order valence-corrected chi connectivity index (χ2v) is 5.79. The third kappa shape index (κ3) is 3.61. The van der Waals surface area contributed by atoms with Crippen LogP contribution in [0.15, 0.2) is 30.5 Å². The molecule has 5 nitrogen and oxygen atoms in total. The van der Waals surface area contributed by atoms with Crippen molar-refractivity contribution in [3.8, 4) is 0 Å². The van der Waals surface area contributed by atoms with Gasteiger partial charge in [0, 0.05) is 29.2 Å². The van der Waals surface area contributed by atoms with E-state index in [0.29, 0.717) is 0 Å². The van der Waals surface area contributed by atoms with E-state index in [1.807, 2.05) is 25.3 Å². The van der Waals surface area contributed by atoms with E-state index < -0.39 is 0 Å². The van der Waals surface area contributed by atoms with Crippen LogP contribution in [0.2, 0.25) is 0 Å². The summed E-state index contributed by atoms with van der Waals surface area (Å²) in [5.41, 5.74) is 1.20. The van der Waals surface area contributed by atoms with Gasteiger partial charge in [-0.3, -0.25) is 10.1 Å². The molecule has 2 aromatic rings. The number of likely N-dealkylation sites (N-methyl/N-ethyl adjacent to an activating group) is 1. The minimum atomic E-state index is -0.377. The van der Waals surface area contributed by atoms with Gasteiger partial charge in [0.05, 0.1) is 9.93 Å². The standard InChI is InChI=1S/C14H17N3O2S/c1-3-15-13(14-9-16-10(2)20-14)8-11-4-6-12(7-5-11)17(18)19/h4-7,9,13,15H,3,8H2,1-2H3. The number of hydrogen-bond acceptors (Lipinski definition) is 5. The molecule has 1 aromatic carbocycles. The first-order valence-electron chi connectivity index (χ1n) is 6.49. The van der Waals surface area contributed by atoms with Crippen LogP contribution in [-0.4, -0.2) is 16.5 Å². The Labute approximate surface area is 121 Å². The predicted octanol–water partition coefficient (Wildman–Crippen LogP) is 3.25. The predicted molar refractivity (Wildman–Crippen MR) is 80.1 cm³/mol. The maximum atomic E-state index is 10.6. The zero-order valence-corrected chi connectivity index (χ0v) is 12.3. The summed E-state index contributed by atoms with van der Waals surface area (Å²) in [5.74, 6) is 0. The van der Waals surface area contributed by atoms with Crippen LogP contribution in [0.1, 0.15) is 28.4 Å². The van der Waals surface area contributed by atoms with Crippen LogP contribution in [0, 0.1) is 17.0 Å². The van der Waals surface area contributed by atoms with Gasteiger partial charge in [-0.1, -0.05) is 19.1 Å². The van der Waals surface area contributed by atoms with E-state index >= 15 is 0 Å². The fraction of sp³-hybridized carbons (Fsp3) is 0.357. The Morgan fingerprint density at radius 3 is 2.60 bits per heavy atom. The van der Waals surface area contributed by atoms with Crippen molar-refractivity contribution in [2.75, 3.05) is 6.54 Å². The summed E-state index contributed by atoms with van der Waals surface area (Å²) in [6.45, 7) is 4.92. The van der Waals surface area contributed by atoms with Crippen LogP contribution >= 0.6 is 11.3 Å². The quantitative estimate of drug-likeness (QED) is 0.655. The minimum Gasteiger partial charge on any atom is -0.309 e. The number of rotatable bonds is 6. The maximum absolute atomic E-state index is 10.6. The van der Waals surface area contributed by atoms with Crippen LogP contribution in [-0.2, 0) is 6.42 Å². The molecule has 0 aliphatic heterocycles. The fourth-order valence-corrected chi connectivity index (χ4v) is 2.91. The molecule has 0 fully saturated rings. The number of nitrogens with zero attached hydrogens (tertiary/aromatic N) is 2. The molecule has 0 radical (unpaired) electrons. The molecule has 20 heavy (non-hydrogen) atoms. The summed E-state index contributed by atoms with van der Waals surface area (Å²) >= 11 is 1.68. The van der Waals surface area contributed by atoms with Crippen LogP contribution in [0.25, 0.3) is 0 Å². The normalized spacial score (nSPS) is 12.3. The molecule has 2 rings (SSSR count). The molecule has 0 bridgehead atoms. The topological polar surface area (TPSA) is 68.1 Å². The van der Waals surface area contributed by atoms with Crippen molar-refractivity contribution in [3.05, 3.63) is 56.0 Å². The number of benzene rings is 1. The monoisotopic (exact) mass is 291 g/mol. The van der Waals surface area contributed by atoms with Crippen molar-refractivity contribution in [2.24, 2.45) is 0 Å². The van der Waals surface area contributed by atoms with Crippen LogP contribution in [0.4, 0.5) is 5.69 Å². The SMILES string of the molecule is CCNC(Cc1ccc([N+](=O)[O-])cc1)c1cnc(C)s1. The summed E-state index contributed by atoms with van der Waals surface area (Å²) in [6, 6.07) is 6.94. The molecule has 0 saturated carbocycles. The Morgan fingerprint density at radius 2 is 2.10 bits per heavy atom. The maximum Gasteiger partial charge on any atom is 0.269 e. The van der Waals surface area contributed by atoms with E-state index in [-0.39, 0.29) is 16.7 Å². The van der Waals surface area contributed by atoms with Gasteiger partial charge in [0.1, 0.15) is 0 Å². The van der Waals surface area contributed by atoms with E-state index in [4.69, 9.17) is 0 Å². The molecule has 1 aromatic heterocycles. The van der Waals surface area contributed by atoms with Gasteiger partial charge in [-0.2, -0.15) is 0 Å². The van der Waals surface area contributed by atoms with Crippen LogP contribution in [0.3, 0.4) is 0 Å². The van der Waals surface area contributed by atoms with Crippen molar-refractivity contribution in [1.29, 1.82) is 0 Å². The zero-order chi connectivity index (χ0) is 14.5. The molecule has 106 valence electrons. The average Bonchev–Trinajstić information content (AvgIpc) is 2.85.